The first-order valence-corrected chi connectivity index (χ1v) is 7.20. The Balaban J connectivity index is 2.22. The van der Waals surface area contributed by atoms with Crippen molar-refractivity contribution in [2.45, 2.75) is 32.9 Å². The molecule has 102 valence electrons. The first-order chi connectivity index (χ1) is 9.13. The standard InChI is InChI=1S/C14H18BrN3O/c1-3-13(12-7-10(15)5-6-14(12)19)17-11-8-16-18(4-2)9-11/h5-9,13,17,19H,3-4H2,1-2H3. The Morgan fingerprint density at radius 3 is 2.84 bits per heavy atom. The minimum Gasteiger partial charge on any atom is -0.508 e. The monoisotopic (exact) mass is 323 g/mol. The number of hydrogen-bond donors (Lipinski definition) is 2. The maximum absolute atomic E-state index is 9.98. The highest BCUT2D eigenvalue weighted by atomic mass is 79.9. The second kappa shape index (κ2) is 6.10. The average molecular weight is 324 g/mol. The Hall–Kier alpha value is -1.49. The Kier molecular flexibility index (Phi) is 4.47. The molecule has 2 rings (SSSR count). The molecule has 0 amide bonds. The summed E-state index contributed by atoms with van der Waals surface area (Å²) >= 11 is 3.44. The van der Waals surface area contributed by atoms with Crippen molar-refractivity contribution in [3.63, 3.8) is 0 Å². The van der Waals surface area contributed by atoms with Crippen LogP contribution in [0.1, 0.15) is 31.9 Å². The lowest BCUT2D eigenvalue weighted by atomic mass is 10.0. The number of hydrogen-bond acceptors (Lipinski definition) is 3. The number of phenols is 1. The van der Waals surface area contributed by atoms with Crippen molar-refractivity contribution in [2.24, 2.45) is 0 Å². The number of benzene rings is 1. The molecule has 0 fully saturated rings. The van der Waals surface area contributed by atoms with Crippen molar-refractivity contribution in [2.75, 3.05) is 5.32 Å². The molecule has 0 aliphatic rings. The fourth-order valence-corrected chi connectivity index (χ4v) is 2.40. The van der Waals surface area contributed by atoms with Gasteiger partial charge in [0.2, 0.25) is 0 Å². The molecule has 0 aliphatic heterocycles. The van der Waals surface area contributed by atoms with E-state index in [1.807, 2.05) is 29.9 Å². The van der Waals surface area contributed by atoms with Gasteiger partial charge in [0.25, 0.3) is 0 Å². The van der Waals surface area contributed by atoms with Gasteiger partial charge >= 0.3 is 0 Å². The summed E-state index contributed by atoms with van der Waals surface area (Å²) in [6.45, 7) is 4.98. The minimum atomic E-state index is 0.0620. The van der Waals surface area contributed by atoms with Gasteiger partial charge in [-0.05, 0) is 31.5 Å². The quantitative estimate of drug-likeness (QED) is 0.876. The van der Waals surface area contributed by atoms with E-state index in [4.69, 9.17) is 0 Å². The van der Waals surface area contributed by atoms with Gasteiger partial charge in [0.15, 0.2) is 0 Å². The van der Waals surface area contributed by atoms with Crippen molar-refractivity contribution in [1.29, 1.82) is 0 Å². The summed E-state index contributed by atoms with van der Waals surface area (Å²) in [7, 11) is 0. The van der Waals surface area contributed by atoms with Crippen LogP contribution in [0.4, 0.5) is 5.69 Å². The summed E-state index contributed by atoms with van der Waals surface area (Å²) in [6.07, 6.45) is 4.65. The molecule has 0 saturated heterocycles. The lowest BCUT2D eigenvalue weighted by Gasteiger charge is -2.19. The average Bonchev–Trinajstić information content (AvgIpc) is 2.87. The van der Waals surface area contributed by atoms with E-state index in [1.54, 1.807) is 12.3 Å². The number of rotatable bonds is 5. The second-order valence-corrected chi connectivity index (χ2v) is 5.31. The Labute approximate surface area is 121 Å². The number of aromatic hydroxyl groups is 1. The molecule has 1 heterocycles. The fourth-order valence-electron chi connectivity index (χ4n) is 2.02. The van der Waals surface area contributed by atoms with Crippen molar-refractivity contribution < 1.29 is 5.11 Å². The number of nitrogens with zero attached hydrogens (tertiary/aromatic N) is 2. The SMILES string of the molecule is CCC(Nc1cnn(CC)c1)c1cc(Br)ccc1O. The van der Waals surface area contributed by atoms with E-state index in [0.717, 1.165) is 28.7 Å². The third-order valence-electron chi connectivity index (χ3n) is 3.07. The Morgan fingerprint density at radius 2 is 2.21 bits per heavy atom. The van der Waals surface area contributed by atoms with Crippen LogP contribution in [0.5, 0.6) is 5.75 Å². The van der Waals surface area contributed by atoms with Crippen LogP contribution in [-0.2, 0) is 6.54 Å². The highest BCUT2D eigenvalue weighted by Gasteiger charge is 2.14. The summed E-state index contributed by atoms with van der Waals surface area (Å²) < 4.78 is 2.83. The number of anilines is 1. The van der Waals surface area contributed by atoms with E-state index in [-0.39, 0.29) is 6.04 Å². The summed E-state index contributed by atoms with van der Waals surface area (Å²) in [6, 6.07) is 5.55. The zero-order valence-electron chi connectivity index (χ0n) is 11.1. The first kappa shape index (κ1) is 13.9. The van der Waals surface area contributed by atoms with E-state index >= 15 is 0 Å². The molecular weight excluding hydrogens is 306 g/mol. The van der Waals surface area contributed by atoms with E-state index in [9.17, 15) is 5.11 Å². The fraction of sp³-hybridized carbons (Fsp3) is 0.357. The van der Waals surface area contributed by atoms with Gasteiger partial charge in [-0.25, -0.2) is 0 Å². The van der Waals surface area contributed by atoms with Crippen LogP contribution in [0.15, 0.2) is 35.1 Å². The van der Waals surface area contributed by atoms with Gasteiger partial charge in [-0.3, -0.25) is 4.68 Å². The molecule has 1 atom stereocenters. The predicted molar refractivity (Wildman–Crippen MR) is 80.4 cm³/mol. The summed E-state index contributed by atoms with van der Waals surface area (Å²) in [5.41, 5.74) is 1.86. The smallest absolute Gasteiger partial charge is 0.120 e. The van der Waals surface area contributed by atoms with Gasteiger partial charge in [-0.2, -0.15) is 5.10 Å². The number of aryl methyl sites for hydroxylation is 1. The number of aromatic nitrogens is 2. The summed E-state index contributed by atoms with van der Waals surface area (Å²) in [5, 5.41) is 17.6. The number of halogens is 1. The lowest BCUT2D eigenvalue weighted by molar-refractivity contribution is 0.462. The Bertz CT molecular complexity index is 553. The van der Waals surface area contributed by atoms with Crippen LogP contribution < -0.4 is 5.32 Å². The topological polar surface area (TPSA) is 50.1 Å². The Morgan fingerprint density at radius 1 is 1.42 bits per heavy atom. The number of phenolic OH excluding ortho intramolecular Hbond substituents is 1. The molecule has 19 heavy (non-hydrogen) atoms. The lowest BCUT2D eigenvalue weighted by Crippen LogP contribution is -2.09. The van der Waals surface area contributed by atoms with Gasteiger partial charge in [-0.15, -0.1) is 0 Å². The third kappa shape index (κ3) is 3.29. The molecule has 0 radical (unpaired) electrons. The van der Waals surface area contributed by atoms with Gasteiger partial charge < -0.3 is 10.4 Å². The summed E-state index contributed by atoms with van der Waals surface area (Å²) in [4.78, 5) is 0. The van der Waals surface area contributed by atoms with Gasteiger partial charge in [0.05, 0.1) is 17.9 Å². The minimum absolute atomic E-state index is 0.0620. The maximum atomic E-state index is 9.98. The predicted octanol–water partition coefficient (Wildman–Crippen LogP) is 3.93. The highest BCUT2D eigenvalue weighted by Crippen LogP contribution is 2.31. The van der Waals surface area contributed by atoms with E-state index < -0.39 is 0 Å². The molecular formula is C14H18BrN3O. The van der Waals surface area contributed by atoms with E-state index in [0.29, 0.717) is 5.75 Å². The van der Waals surface area contributed by atoms with Gasteiger partial charge in [0.1, 0.15) is 5.75 Å². The molecule has 2 aromatic rings. The zero-order chi connectivity index (χ0) is 13.8. The van der Waals surface area contributed by atoms with Crippen LogP contribution in [0.3, 0.4) is 0 Å². The largest absolute Gasteiger partial charge is 0.508 e. The second-order valence-electron chi connectivity index (χ2n) is 4.39. The van der Waals surface area contributed by atoms with E-state index in [1.165, 1.54) is 0 Å². The van der Waals surface area contributed by atoms with Crippen LogP contribution >= 0.6 is 15.9 Å². The van der Waals surface area contributed by atoms with Gasteiger partial charge in [0, 0.05) is 22.8 Å². The molecule has 0 aliphatic carbocycles. The molecule has 0 bridgehead atoms. The maximum Gasteiger partial charge on any atom is 0.120 e. The van der Waals surface area contributed by atoms with Crippen molar-refractivity contribution in [3.8, 4) is 5.75 Å². The molecule has 1 unspecified atom stereocenters. The molecule has 1 aromatic heterocycles. The molecule has 1 aromatic carbocycles. The highest BCUT2D eigenvalue weighted by molar-refractivity contribution is 9.10. The normalized spacial score (nSPS) is 12.4. The molecule has 0 saturated carbocycles. The van der Waals surface area contributed by atoms with Crippen LogP contribution in [0, 0.1) is 0 Å². The van der Waals surface area contributed by atoms with Crippen LogP contribution in [0.25, 0.3) is 0 Å². The van der Waals surface area contributed by atoms with Crippen molar-refractivity contribution in [3.05, 3.63) is 40.6 Å². The van der Waals surface area contributed by atoms with Crippen LogP contribution in [0.2, 0.25) is 0 Å². The molecule has 5 heteroatoms. The molecule has 2 N–H and O–H groups in total. The van der Waals surface area contributed by atoms with Crippen molar-refractivity contribution >= 4 is 21.6 Å². The van der Waals surface area contributed by atoms with Crippen LogP contribution in [-0.4, -0.2) is 14.9 Å². The number of nitrogens with one attached hydrogen (secondary N) is 1. The zero-order valence-corrected chi connectivity index (χ0v) is 12.7. The third-order valence-corrected chi connectivity index (χ3v) is 3.56. The molecule has 0 spiro atoms. The van der Waals surface area contributed by atoms with Gasteiger partial charge in [-0.1, -0.05) is 22.9 Å². The van der Waals surface area contributed by atoms with Crippen molar-refractivity contribution in [1.82, 2.24) is 9.78 Å². The summed E-state index contributed by atoms with van der Waals surface area (Å²) in [5.74, 6) is 0.311. The van der Waals surface area contributed by atoms with E-state index in [2.05, 4.69) is 33.3 Å². The first-order valence-electron chi connectivity index (χ1n) is 6.41. The molecule has 4 nitrogen and oxygen atoms in total.